The highest BCUT2D eigenvalue weighted by molar-refractivity contribution is 4.78. The van der Waals surface area contributed by atoms with E-state index in [1.54, 1.807) is 0 Å². The summed E-state index contributed by atoms with van der Waals surface area (Å²) in [4.78, 5) is 2.41. The quantitative estimate of drug-likeness (QED) is 0.677. The minimum atomic E-state index is -0.433. The molecule has 0 radical (unpaired) electrons. The van der Waals surface area contributed by atoms with Crippen molar-refractivity contribution in [2.24, 2.45) is 5.73 Å². The second-order valence-electron chi connectivity index (χ2n) is 4.33. The Bertz CT molecular complexity index is 148. The molecule has 3 N–H and O–H groups in total. The topological polar surface area (TPSA) is 49.5 Å². The molecule has 13 heavy (non-hydrogen) atoms. The molecule has 0 amide bonds. The maximum absolute atomic E-state index is 9.85. The molecule has 0 aromatic rings. The fourth-order valence-electron chi connectivity index (χ4n) is 1.86. The normalized spacial score (nSPS) is 31.6. The SMILES string of the molecule is CC1(O)CCCN(CCCN)CC1. The molecule has 1 aliphatic rings. The maximum Gasteiger partial charge on any atom is 0.0632 e. The molecule has 3 nitrogen and oxygen atoms in total. The molecule has 0 bridgehead atoms. The van der Waals surface area contributed by atoms with E-state index in [0.717, 1.165) is 51.9 Å². The van der Waals surface area contributed by atoms with Crippen LogP contribution in [0.15, 0.2) is 0 Å². The van der Waals surface area contributed by atoms with Gasteiger partial charge in [-0.3, -0.25) is 0 Å². The second kappa shape index (κ2) is 4.94. The molecule has 3 heteroatoms. The zero-order valence-electron chi connectivity index (χ0n) is 8.63. The van der Waals surface area contributed by atoms with Crippen LogP contribution in [0.4, 0.5) is 0 Å². The number of aliphatic hydroxyl groups is 1. The summed E-state index contributed by atoms with van der Waals surface area (Å²) in [5, 5.41) is 9.85. The molecule has 78 valence electrons. The Hall–Kier alpha value is -0.120. The average Bonchev–Trinajstić information content (AvgIpc) is 2.23. The summed E-state index contributed by atoms with van der Waals surface area (Å²) in [6.07, 6.45) is 4.02. The van der Waals surface area contributed by atoms with Crippen molar-refractivity contribution in [3.63, 3.8) is 0 Å². The molecule has 0 aromatic heterocycles. The number of hydrogen-bond donors (Lipinski definition) is 2. The number of likely N-dealkylation sites (tertiary alicyclic amines) is 1. The molecule has 0 spiro atoms. The Morgan fingerprint density at radius 1 is 1.38 bits per heavy atom. The molecular formula is C10H22N2O. The molecule has 1 unspecified atom stereocenters. The first-order valence-corrected chi connectivity index (χ1v) is 5.29. The lowest BCUT2D eigenvalue weighted by Crippen LogP contribution is -2.29. The molecule has 1 saturated heterocycles. The summed E-state index contributed by atoms with van der Waals surface area (Å²) in [7, 11) is 0. The summed E-state index contributed by atoms with van der Waals surface area (Å²) in [6.45, 7) is 5.95. The predicted molar refractivity (Wildman–Crippen MR) is 54.6 cm³/mol. The molecule has 1 atom stereocenters. The van der Waals surface area contributed by atoms with Crippen molar-refractivity contribution in [3.05, 3.63) is 0 Å². The number of nitrogens with two attached hydrogens (primary N) is 1. The molecule has 1 heterocycles. The van der Waals surface area contributed by atoms with Crippen molar-refractivity contribution in [1.29, 1.82) is 0 Å². The van der Waals surface area contributed by atoms with Crippen LogP contribution in [0.2, 0.25) is 0 Å². The summed E-state index contributed by atoms with van der Waals surface area (Å²) < 4.78 is 0. The highest BCUT2D eigenvalue weighted by atomic mass is 16.3. The average molecular weight is 186 g/mol. The van der Waals surface area contributed by atoms with Gasteiger partial charge in [-0.2, -0.15) is 0 Å². The molecule has 1 aliphatic heterocycles. The van der Waals surface area contributed by atoms with Crippen molar-refractivity contribution in [1.82, 2.24) is 4.90 Å². The molecule has 0 aliphatic carbocycles. The molecular weight excluding hydrogens is 164 g/mol. The van der Waals surface area contributed by atoms with Crippen LogP contribution in [0.3, 0.4) is 0 Å². The van der Waals surface area contributed by atoms with E-state index in [1.807, 2.05) is 6.92 Å². The van der Waals surface area contributed by atoms with Crippen LogP contribution < -0.4 is 5.73 Å². The van der Waals surface area contributed by atoms with E-state index >= 15 is 0 Å². The molecule has 1 rings (SSSR count). The summed E-state index contributed by atoms with van der Waals surface area (Å²) >= 11 is 0. The van der Waals surface area contributed by atoms with Crippen molar-refractivity contribution in [2.45, 2.75) is 38.2 Å². The minimum absolute atomic E-state index is 0.433. The van der Waals surface area contributed by atoms with Gasteiger partial charge in [-0.25, -0.2) is 0 Å². The monoisotopic (exact) mass is 186 g/mol. The standard InChI is InChI=1S/C10H22N2O/c1-10(13)4-2-7-12(9-5-10)8-3-6-11/h13H,2-9,11H2,1H3. The van der Waals surface area contributed by atoms with E-state index in [4.69, 9.17) is 5.73 Å². The molecule has 1 fully saturated rings. The lowest BCUT2D eigenvalue weighted by molar-refractivity contribution is 0.0446. The molecule has 0 saturated carbocycles. The van der Waals surface area contributed by atoms with E-state index in [2.05, 4.69) is 4.90 Å². The van der Waals surface area contributed by atoms with Crippen LogP contribution in [0.25, 0.3) is 0 Å². The van der Waals surface area contributed by atoms with Crippen LogP contribution in [-0.4, -0.2) is 41.8 Å². The third-order valence-electron chi connectivity index (χ3n) is 2.83. The smallest absolute Gasteiger partial charge is 0.0632 e. The van der Waals surface area contributed by atoms with E-state index in [9.17, 15) is 5.11 Å². The number of hydrogen-bond acceptors (Lipinski definition) is 3. The van der Waals surface area contributed by atoms with E-state index < -0.39 is 5.60 Å². The lowest BCUT2D eigenvalue weighted by atomic mass is 9.98. The second-order valence-corrected chi connectivity index (χ2v) is 4.33. The highest BCUT2D eigenvalue weighted by Crippen LogP contribution is 2.21. The first-order valence-electron chi connectivity index (χ1n) is 5.29. The lowest BCUT2D eigenvalue weighted by Gasteiger charge is -2.22. The van der Waals surface area contributed by atoms with Gasteiger partial charge in [0, 0.05) is 6.54 Å². The van der Waals surface area contributed by atoms with E-state index in [0.29, 0.717) is 0 Å². The third-order valence-corrected chi connectivity index (χ3v) is 2.83. The highest BCUT2D eigenvalue weighted by Gasteiger charge is 2.24. The van der Waals surface area contributed by atoms with Gasteiger partial charge in [-0.1, -0.05) is 0 Å². The van der Waals surface area contributed by atoms with Crippen LogP contribution in [-0.2, 0) is 0 Å². The van der Waals surface area contributed by atoms with Crippen LogP contribution in [0, 0.1) is 0 Å². The van der Waals surface area contributed by atoms with Gasteiger partial charge in [0.15, 0.2) is 0 Å². The summed E-state index contributed by atoms with van der Waals surface area (Å²) in [6, 6.07) is 0. The van der Waals surface area contributed by atoms with Crippen LogP contribution in [0.1, 0.15) is 32.6 Å². The third kappa shape index (κ3) is 4.07. The molecule has 0 aromatic carbocycles. The summed E-state index contributed by atoms with van der Waals surface area (Å²) in [5.41, 5.74) is 5.03. The van der Waals surface area contributed by atoms with Crippen LogP contribution in [0.5, 0.6) is 0 Å². The van der Waals surface area contributed by atoms with E-state index in [-0.39, 0.29) is 0 Å². The zero-order chi connectivity index (χ0) is 9.73. The Balaban J connectivity index is 2.28. The van der Waals surface area contributed by atoms with Gasteiger partial charge in [0.1, 0.15) is 0 Å². The van der Waals surface area contributed by atoms with Crippen molar-refractivity contribution >= 4 is 0 Å². The Morgan fingerprint density at radius 3 is 2.85 bits per heavy atom. The Labute approximate surface area is 80.9 Å². The van der Waals surface area contributed by atoms with Crippen LogP contribution >= 0.6 is 0 Å². The van der Waals surface area contributed by atoms with Gasteiger partial charge < -0.3 is 15.7 Å². The van der Waals surface area contributed by atoms with Gasteiger partial charge in [0.05, 0.1) is 5.60 Å². The first-order chi connectivity index (χ1) is 6.14. The fourth-order valence-corrected chi connectivity index (χ4v) is 1.86. The van der Waals surface area contributed by atoms with Crippen molar-refractivity contribution < 1.29 is 5.11 Å². The fraction of sp³-hybridized carbons (Fsp3) is 1.00. The first kappa shape index (κ1) is 11.0. The van der Waals surface area contributed by atoms with Gasteiger partial charge >= 0.3 is 0 Å². The van der Waals surface area contributed by atoms with Gasteiger partial charge in [-0.15, -0.1) is 0 Å². The predicted octanol–water partition coefficient (Wildman–Crippen LogP) is 0.572. The van der Waals surface area contributed by atoms with Gasteiger partial charge in [0.2, 0.25) is 0 Å². The van der Waals surface area contributed by atoms with E-state index in [1.165, 1.54) is 0 Å². The largest absolute Gasteiger partial charge is 0.390 e. The number of rotatable bonds is 3. The number of nitrogens with zero attached hydrogens (tertiary/aromatic N) is 1. The zero-order valence-corrected chi connectivity index (χ0v) is 8.63. The summed E-state index contributed by atoms with van der Waals surface area (Å²) in [5.74, 6) is 0. The Morgan fingerprint density at radius 2 is 2.15 bits per heavy atom. The Kier molecular flexibility index (Phi) is 4.16. The minimum Gasteiger partial charge on any atom is -0.390 e. The van der Waals surface area contributed by atoms with Crippen molar-refractivity contribution in [2.75, 3.05) is 26.2 Å². The van der Waals surface area contributed by atoms with Gasteiger partial charge in [-0.05, 0) is 52.2 Å². The maximum atomic E-state index is 9.85. The van der Waals surface area contributed by atoms with Crippen molar-refractivity contribution in [3.8, 4) is 0 Å². The van der Waals surface area contributed by atoms with Gasteiger partial charge in [0.25, 0.3) is 0 Å².